The third-order valence-electron chi connectivity index (χ3n) is 4.35. The number of benzene rings is 1. The molecule has 1 aromatic carbocycles. The van der Waals surface area contributed by atoms with E-state index in [9.17, 15) is 0 Å². The van der Waals surface area contributed by atoms with Crippen LogP contribution in [0.15, 0.2) is 41.3 Å². The molecule has 2 unspecified atom stereocenters. The van der Waals surface area contributed by atoms with Gasteiger partial charge >= 0.3 is 0 Å². The van der Waals surface area contributed by atoms with Crippen molar-refractivity contribution in [3.63, 3.8) is 0 Å². The Balaban J connectivity index is 1.92. The molecule has 2 atom stereocenters. The van der Waals surface area contributed by atoms with Crippen molar-refractivity contribution in [2.24, 2.45) is 0 Å². The third-order valence-corrected chi connectivity index (χ3v) is 4.84. The van der Waals surface area contributed by atoms with E-state index in [1.165, 1.54) is 17.7 Å². The summed E-state index contributed by atoms with van der Waals surface area (Å²) in [6.45, 7) is 5.41. The monoisotopic (exact) mass is 347 g/mol. The van der Waals surface area contributed by atoms with Gasteiger partial charge in [-0.15, -0.1) is 0 Å². The SMILES string of the molecule is CCCn1cncc1C1CCNCC1c1cccc(Br)c1. The molecule has 1 aliphatic heterocycles. The molecule has 3 nitrogen and oxygen atoms in total. The number of halogens is 1. The van der Waals surface area contributed by atoms with Crippen LogP contribution in [0.2, 0.25) is 0 Å². The first-order valence-electron chi connectivity index (χ1n) is 7.75. The second-order valence-electron chi connectivity index (χ2n) is 5.77. The van der Waals surface area contributed by atoms with Crippen molar-refractivity contribution in [2.45, 2.75) is 38.1 Å². The number of rotatable bonds is 4. The molecule has 21 heavy (non-hydrogen) atoms. The molecule has 3 rings (SSSR count). The molecule has 0 bridgehead atoms. The molecule has 4 heteroatoms. The maximum absolute atomic E-state index is 4.39. The highest BCUT2D eigenvalue weighted by atomic mass is 79.9. The Bertz CT molecular complexity index is 593. The van der Waals surface area contributed by atoms with Gasteiger partial charge in [0.15, 0.2) is 0 Å². The number of nitrogens with zero attached hydrogens (tertiary/aromatic N) is 2. The first-order chi connectivity index (χ1) is 10.3. The second-order valence-corrected chi connectivity index (χ2v) is 6.69. The molecular formula is C17H22BrN3. The number of imidazole rings is 1. The highest BCUT2D eigenvalue weighted by Gasteiger charge is 2.29. The molecule has 2 aromatic rings. The molecule has 1 aliphatic rings. The van der Waals surface area contributed by atoms with Crippen LogP contribution in [0.4, 0.5) is 0 Å². The van der Waals surface area contributed by atoms with Gasteiger partial charge in [0.1, 0.15) is 0 Å². The van der Waals surface area contributed by atoms with Crippen LogP contribution in [0.5, 0.6) is 0 Å². The number of nitrogens with one attached hydrogen (secondary N) is 1. The van der Waals surface area contributed by atoms with Crippen molar-refractivity contribution in [1.82, 2.24) is 14.9 Å². The molecule has 1 saturated heterocycles. The highest BCUT2D eigenvalue weighted by molar-refractivity contribution is 9.10. The Morgan fingerprint density at radius 3 is 3.10 bits per heavy atom. The van der Waals surface area contributed by atoms with Gasteiger partial charge in [0, 0.05) is 41.3 Å². The number of hydrogen-bond acceptors (Lipinski definition) is 2. The molecule has 0 aliphatic carbocycles. The Morgan fingerprint density at radius 1 is 1.38 bits per heavy atom. The lowest BCUT2D eigenvalue weighted by Crippen LogP contribution is -2.34. The van der Waals surface area contributed by atoms with Gasteiger partial charge in [0.05, 0.1) is 6.33 Å². The Hall–Kier alpha value is -1.13. The van der Waals surface area contributed by atoms with E-state index in [-0.39, 0.29) is 0 Å². The van der Waals surface area contributed by atoms with Gasteiger partial charge in [-0.25, -0.2) is 4.98 Å². The largest absolute Gasteiger partial charge is 0.334 e. The van der Waals surface area contributed by atoms with E-state index in [1.807, 2.05) is 6.33 Å². The Labute approximate surface area is 134 Å². The predicted molar refractivity (Wildman–Crippen MR) is 89.6 cm³/mol. The quantitative estimate of drug-likeness (QED) is 0.908. The highest BCUT2D eigenvalue weighted by Crippen LogP contribution is 2.37. The second kappa shape index (κ2) is 6.75. The van der Waals surface area contributed by atoms with Crippen LogP contribution in [-0.2, 0) is 6.54 Å². The van der Waals surface area contributed by atoms with Crippen LogP contribution in [0.3, 0.4) is 0 Å². The average Bonchev–Trinajstić information content (AvgIpc) is 2.96. The number of aromatic nitrogens is 2. The number of aryl methyl sites for hydroxylation is 1. The minimum absolute atomic E-state index is 0.517. The topological polar surface area (TPSA) is 29.9 Å². The zero-order chi connectivity index (χ0) is 14.7. The molecular weight excluding hydrogens is 326 g/mol. The summed E-state index contributed by atoms with van der Waals surface area (Å²) < 4.78 is 3.49. The maximum Gasteiger partial charge on any atom is 0.0948 e. The van der Waals surface area contributed by atoms with Gasteiger partial charge in [-0.3, -0.25) is 0 Å². The van der Waals surface area contributed by atoms with E-state index in [0.717, 1.165) is 30.5 Å². The van der Waals surface area contributed by atoms with Crippen LogP contribution in [0.25, 0.3) is 0 Å². The number of piperidine rings is 1. The first-order valence-corrected chi connectivity index (χ1v) is 8.55. The van der Waals surface area contributed by atoms with Gasteiger partial charge < -0.3 is 9.88 Å². The lowest BCUT2D eigenvalue weighted by atomic mass is 9.79. The molecule has 1 fully saturated rings. The molecule has 0 radical (unpaired) electrons. The lowest BCUT2D eigenvalue weighted by Gasteiger charge is -2.33. The van der Waals surface area contributed by atoms with Crippen LogP contribution in [0.1, 0.15) is 42.9 Å². The smallest absolute Gasteiger partial charge is 0.0948 e. The van der Waals surface area contributed by atoms with Crippen LogP contribution in [0, 0.1) is 0 Å². The summed E-state index contributed by atoms with van der Waals surface area (Å²) in [5.41, 5.74) is 2.80. The predicted octanol–water partition coefficient (Wildman–Crippen LogP) is 3.92. The fourth-order valence-electron chi connectivity index (χ4n) is 3.37. The standard InChI is InChI=1S/C17H22BrN3/c1-2-8-21-12-20-11-17(21)15-6-7-19-10-16(15)13-4-3-5-14(18)9-13/h3-5,9,11-12,15-16,19H,2,6-8,10H2,1H3. The third kappa shape index (κ3) is 3.22. The number of hydrogen-bond donors (Lipinski definition) is 1. The summed E-state index contributed by atoms with van der Waals surface area (Å²) in [6.07, 6.45) is 6.37. The van der Waals surface area contributed by atoms with E-state index in [1.54, 1.807) is 0 Å². The Morgan fingerprint density at radius 2 is 2.29 bits per heavy atom. The summed E-state index contributed by atoms with van der Waals surface area (Å²) in [5.74, 6) is 1.07. The van der Waals surface area contributed by atoms with Crippen LogP contribution < -0.4 is 5.32 Å². The molecule has 2 heterocycles. The van der Waals surface area contributed by atoms with E-state index in [4.69, 9.17) is 0 Å². The minimum Gasteiger partial charge on any atom is -0.334 e. The Kier molecular flexibility index (Phi) is 4.76. The van der Waals surface area contributed by atoms with Crippen molar-refractivity contribution in [3.05, 3.63) is 52.5 Å². The molecule has 1 N–H and O–H groups in total. The zero-order valence-electron chi connectivity index (χ0n) is 12.4. The van der Waals surface area contributed by atoms with Crippen molar-refractivity contribution in [1.29, 1.82) is 0 Å². The van der Waals surface area contributed by atoms with Gasteiger partial charge in [0.2, 0.25) is 0 Å². The maximum atomic E-state index is 4.39. The zero-order valence-corrected chi connectivity index (χ0v) is 14.0. The fraction of sp³-hybridized carbons (Fsp3) is 0.471. The van der Waals surface area contributed by atoms with E-state index in [0.29, 0.717) is 11.8 Å². The van der Waals surface area contributed by atoms with E-state index >= 15 is 0 Å². The lowest BCUT2D eigenvalue weighted by molar-refractivity contribution is 0.387. The van der Waals surface area contributed by atoms with Gasteiger partial charge in [-0.1, -0.05) is 35.0 Å². The molecule has 112 valence electrons. The van der Waals surface area contributed by atoms with Crippen molar-refractivity contribution >= 4 is 15.9 Å². The summed E-state index contributed by atoms with van der Waals surface area (Å²) in [7, 11) is 0. The van der Waals surface area contributed by atoms with Gasteiger partial charge in [-0.05, 0) is 37.1 Å². The van der Waals surface area contributed by atoms with E-state index < -0.39 is 0 Å². The van der Waals surface area contributed by atoms with Crippen LogP contribution >= 0.6 is 15.9 Å². The molecule has 0 amide bonds. The van der Waals surface area contributed by atoms with Crippen molar-refractivity contribution < 1.29 is 0 Å². The summed E-state index contributed by atoms with van der Waals surface area (Å²) >= 11 is 3.60. The van der Waals surface area contributed by atoms with Crippen molar-refractivity contribution in [2.75, 3.05) is 13.1 Å². The first kappa shape index (κ1) is 14.8. The molecule has 1 aromatic heterocycles. The molecule has 0 spiro atoms. The van der Waals surface area contributed by atoms with Crippen molar-refractivity contribution in [3.8, 4) is 0 Å². The summed E-state index contributed by atoms with van der Waals surface area (Å²) in [4.78, 5) is 4.39. The van der Waals surface area contributed by atoms with Gasteiger partial charge in [-0.2, -0.15) is 0 Å². The summed E-state index contributed by atoms with van der Waals surface area (Å²) in [6, 6.07) is 8.73. The fourth-order valence-corrected chi connectivity index (χ4v) is 3.78. The summed E-state index contributed by atoms with van der Waals surface area (Å²) in [5, 5.41) is 3.55. The van der Waals surface area contributed by atoms with Crippen LogP contribution in [-0.4, -0.2) is 22.6 Å². The van der Waals surface area contributed by atoms with E-state index in [2.05, 4.69) is 68.2 Å². The average molecular weight is 348 g/mol. The normalized spacial score (nSPS) is 22.4. The van der Waals surface area contributed by atoms with Gasteiger partial charge in [0.25, 0.3) is 0 Å². The minimum atomic E-state index is 0.517. The molecule has 0 saturated carbocycles.